The molecule has 0 aliphatic rings. The zero-order chi connectivity index (χ0) is 23.5. The van der Waals surface area contributed by atoms with Crippen LogP contribution in [-0.2, 0) is 11.3 Å². The monoisotopic (exact) mass is 449 g/mol. The van der Waals surface area contributed by atoms with E-state index in [1.165, 1.54) is 0 Å². The van der Waals surface area contributed by atoms with Crippen LogP contribution in [0.2, 0.25) is 0 Å². The number of aryl methyl sites for hydroxylation is 1. The number of carboxylic acids is 1. The van der Waals surface area contributed by atoms with Crippen molar-refractivity contribution in [2.75, 3.05) is 6.54 Å². The van der Waals surface area contributed by atoms with Gasteiger partial charge in [0.2, 0.25) is 0 Å². The molecule has 5 aromatic rings. The van der Waals surface area contributed by atoms with E-state index < -0.39 is 5.97 Å². The highest BCUT2D eigenvalue weighted by Gasteiger charge is 2.13. The third-order valence-corrected chi connectivity index (χ3v) is 5.59. The molecule has 168 valence electrons. The lowest BCUT2D eigenvalue weighted by atomic mass is 9.98. The lowest BCUT2D eigenvalue weighted by Gasteiger charge is -2.10. The third kappa shape index (κ3) is 4.55. The Morgan fingerprint density at radius 3 is 2.65 bits per heavy atom. The van der Waals surface area contributed by atoms with E-state index in [0.29, 0.717) is 6.54 Å². The Hall–Kier alpha value is -4.36. The molecule has 0 spiro atoms. The first kappa shape index (κ1) is 21.5. The number of carboxylic acid groups (broad SMARTS) is 1. The minimum absolute atomic E-state index is 0.0753. The number of carbonyl (C=O) groups is 1. The van der Waals surface area contributed by atoms with E-state index in [4.69, 9.17) is 10.1 Å². The number of hydrogen-bond donors (Lipinski definition) is 3. The van der Waals surface area contributed by atoms with Crippen molar-refractivity contribution in [1.29, 1.82) is 0 Å². The van der Waals surface area contributed by atoms with Crippen molar-refractivity contribution in [1.82, 2.24) is 25.3 Å². The van der Waals surface area contributed by atoms with Crippen molar-refractivity contribution in [2.24, 2.45) is 0 Å². The number of pyridine rings is 3. The van der Waals surface area contributed by atoms with E-state index in [1.54, 1.807) is 0 Å². The summed E-state index contributed by atoms with van der Waals surface area (Å²) in [6.07, 6.45) is 5.59. The third-order valence-electron chi connectivity index (χ3n) is 5.59. The highest BCUT2D eigenvalue weighted by molar-refractivity contribution is 5.95. The number of nitrogens with one attached hydrogen (secondary N) is 2. The first-order chi connectivity index (χ1) is 16.6. The molecular formula is C27H23N5O2. The topological polar surface area (TPSA) is 104 Å². The molecule has 0 fully saturated rings. The number of rotatable bonds is 7. The van der Waals surface area contributed by atoms with Gasteiger partial charge in [0.25, 0.3) is 0 Å². The van der Waals surface area contributed by atoms with Crippen LogP contribution in [0.1, 0.15) is 11.3 Å². The molecule has 0 radical (unpaired) electrons. The minimum atomic E-state index is -0.873. The van der Waals surface area contributed by atoms with Gasteiger partial charge in [-0.25, -0.2) is 4.98 Å². The van der Waals surface area contributed by atoms with Crippen LogP contribution in [-0.4, -0.2) is 37.6 Å². The van der Waals surface area contributed by atoms with Gasteiger partial charge in [-0.1, -0.05) is 24.3 Å². The number of benzene rings is 1. The van der Waals surface area contributed by atoms with Gasteiger partial charge < -0.3 is 15.4 Å². The number of fused-ring (bicyclic) bond motifs is 1. The molecule has 34 heavy (non-hydrogen) atoms. The summed E-state index contributed by atoms with van der Waals surface area (Å²) in [5, 5.41) is 12.8. The average Bonchev–Trinajstić information content (AvgIpc) is 3.32. The van der Waals surface area contributed by atoms with E-state index in [-0.39, 0.29) is 6.54 Å². The fraction of sp³-hybridized carbons (Fsp3) is 0.111. The maximum Gasteiger partial charge on any atom is 0.317 e. The van der Waals surface area contributed by atoms with Crippen molar-refractivity contribution < 1.29 is 9.90 Å². The normalized spacial score (nSPS) is 11.1. The molecule has 0 aliphatic heterocycles. The van der Waals surface area contributed by atoms with E-state index in [2.05, 4.69) is 38.5 Å². The van der Waals surface area contributed by atoms with Crippen molar-refractivity contribution in [3.05, 3.63) is 90.5 Å². The summed E-state index contributed by atoms with van der Waals surface area (Å²) in [6.45, 7) is 2.37. The molecule has 4 heterocycles. The van der Waals surface area contributed by atoms with Gasteiger partial charge in [-0.05, 0) is 60.0 Å². The average molecular weight is 450 g/mol. The molecule has 7 heteroatoms. The van der Waals surface area contributed by atoms with Crippen LogP contribution in [0.15, 0.2) is 79.3 Å². The number of hydrogen-bond acceptors (Lipinski definition) is 5. The molecule has 0 aliphatic carbocycles. The predicted molar refractivity (Wildman–Crippen MR) is 132 cm³/mol. The largest absolute Gasteiger partial charge is 0.480 e. The Labute approximate surface area is 196 Å². The minimum Gasteiger partial charge on any atom is -0.480 e. The maximum absolute atomic E-state index is 10.8. The highest BCUT2D eigenvalue weighted by Crippen LogP contribution is 2.33. The number of aliphatic carboxylic acids is 1. The van der Waals surface area contributed by atoms with Crippen LogP contribution >= 0.6 is 0 Å². The zero-order valence-corrected chi connectivity index (χ0v) is 18.6. The van der Waals surface area contributed by atoms with Crippen LogP contribution < -0.4 is 5.32 Å². The van der Waals surface area contributed by atoms with Crippen LogP contribution in [0.5, 0.6) is 0 Å². The molecule has 5 rings (SSSR count). The molecule has 0 unspecified atom stereocenters. The van der Waals surface area contributed by atoms with Gasteiger partial charge in [0.1, 0.15) is 5.65 Å². The summed E-state index contributed by atoms with van der Waals surface area (Å²) in [6, 6.07) is 20.1. The van der Waals surface area contributed by atoms with E-state index >= 15 is 0 Å². The van der Waals surface area contributed by atoms with Crippen LogP contribution in [0.3, 0.4) is 0 Å². The summed E-state index contributed by atoms with van der Waals surface area (Å²) < 4.78 is 0. The lowest BCUT2D eigenvalue weighted by molar-refractivity contribution is -0.135. The number of aromatic amines is 1. The summed E-state index contributed by atoms with van der Waals surface area (Å²) >= 11 is 0. The molecule has 0 saturated carbocycles. The fourth-order valence-electron chi connectivity index (χ4n) is 4.01. The quantitative estimate of drug-likeness (QED) is 0.329. The maximum atomic E-state index is 10.8. The molecule has 0 bridgehead atoms. The second-order valence-electron chi connectivity index (χ2n) is 8.12. The van der Waals surface area contributed by atoms with Gasteiger partial charge in [-0.2, -0.15) is 0 Å². The predicted octanol–water partition coefficient (Wildman–Crippen LogP) is 4.84. The van der Waals surface area contributed by atoms with Crippen molar-refractivity contribution in [3.63, 3.8) is 0 Å². The van der Waals surface area contributed by atoms with E-state index in [1.807, 2.05) is 68.0 Å². The number of nitrogens with zero attached hydrogens (tertiary/aromatic N) is 3. The Bertz CT molecular complexity index is 1490. The number of aromatic nitrogens is 4. The van der Waals surface area contributed by atoms with Crippen molar-refractivity contribution in [3.8, 4) is 33.6 Å². The zero-order valence-electron chi connectivity index (χ0n) is 18.6. The second kappa shape index (κ2) is 9.25. The summed E-state index contributed by atoms with van der Waals surface area (Å²) in [5.41, 5.74) is 8.37. The van der Waals surface area contributed by atoms with Gasteiger partial charge in [0.05, 0.1) is 17.9 Å². The van der Waals surface area contributed by atoms with Crippen LogP contribution in [0.4, 0.5) is 0 Å². The Kier molecular flexibility index (Phi) is 5.84. The van der Waals surface area contributed by atoms with Crippen molar-refractivity contribution >= 4 is 17.0 Å². The van der Waals surface area contributed by atoms with Gasteiger partial charge in [-0.15, -0.1) is 0 Å². The molecule has 1 aromatic carbocycles. The first-order valence-electron chi connectivity index (χ1n) is 11.0. The van der Waals surface area contributed by atoms with Gasteiger partial charge >= 0.3 is 5.97 Å². The second-order valence-corrected chi connectivity index (χ2v) is 8.12. The molecule has 4 aromatic heterocycles. The summed E-state index contributed by atoms with van der Waals surface area (Å²) in [4.78, 5) is 27.9. The lowest BCUT2D eigenvalue weighted by Crippen LogP contribution is -2.21. The Balaban J connectivity index is 1.53. The Morgan fingerprint density at radius 2 is 1.79 bits per heavy atom. The SMILES string of the molecule is Cc1cccc(-c2cc(-c3cncc(-c4cccc(CNCC(=O)O)c4)c3)c3cc[nH]c3n2)n1. The molecule has 0 amide bonds. The Morgan fingerprint density at radius 1 is 0.941 bits per heavy atom. The van der Waals surface area contributed by atoms with Gasteiger partial charge in [-0.3, -0.25) is 14.8 Å². The standard InChI is InChI=1S/C27H23N5O2/c1-17-4-2-7-24(31-17)25-12-23(22-8-9-30-27(22)32-25)21-11-20(14-29-15-21)19-6-3-5-18(10-19)13-28-16-26(33)34/h2-12,14-15,28H,13,16H2,1H3,(H,30,32)(H,33,34). The summed E-state index contributed by atoms with van der Waals surface area (Å²) in [5.74, 6) is -0.873. The molecule has 7 nitrogen and oxygen atoms in total. The molecule has 0 saturated heterocycles. The molecule has 0 atom stereocenters. The van der Waals surface area contributed by atoms with E-state index in [0.717, 1.165) is 55.9 Å². The first-order valence-corrected chi connectivity index (χ1v) is 11.0. The van der Waals surface area contributed by atoms with Crippen LogP contribution in [0.25, 0.3) is 44.7 Å². The highest BCUT2D eigenvalue weighted by atomic mass is 16.4. The van der Waals surface area contributed by atoms with Crippen molar-refractivity contribution in [2.45, 2.75) is 13.5 Å². The number of H-pyrrole nitrogens is 1. The molecule has 3 N–H and O–H groups in total. The fourth-order valence-corrected chi connectivity index (χ4v) is 4.01. The van der Waals surface area contributed by atoms with Crippen LogP contribution in [0, 0.1) is 6.92 Å². The summed E-state index contributed by atoms with van der Waals surface area (Å²) in [7, 11) is 0. The smallest absolute Gasteiger partial charge is 0.317 e. The van der Waals surface area contributed by atoms with Gasteiger partial charge in [0.15, 0.2) is 0 Å². The molecular weight excluding hydrogens is 426 g/mol. The van der Waals surface area contributed by atoms with E-state index in [9.17, 15) is 4.79 Å². The van der Waals surface area contributed by atoms with Gasteiger partial charge in [0, 0.05) is 47.3 Å².